The Hall–Kier alpha value is -3.28. The Bertz CT molecular complexity index is 1130. The lowest BCUT2D eigenvalue weighted by atomic mass is 9.96. The highest BCUT2D eigenvalue weighted by Gasteiger charge is 2.22. The Morgan fingerprint density at radius 3 is 2.78 bits per heavy atom. The van der Waals surface area contributed by atoms with E-state index in [1.54, 1.807) is 13.2 Å². The average Bonchev–Trinajstić information content (AvgIpc) is 3.38. The second kappa shape index (κ2) is 8.69. The third-order valence-electron chi connectivity index (χ3n) is 6.47. The fourth-order valence-corrected chi connectivity index (χ4v) is 4.29. The minimum atomic E-state index is -0.135. The van der Waals surface area contributed by atoms with Crippen LogP contribution in [0.1, 0.15) is 53.0 Å². The first-order valence-electron chi connectivity index (χ1n) is 11.4. The van der Waals surface area contributed by atoms with Crippen molar-refractivity contribution in [3.63, 3.8) is 0 Å². The summed E-state index contributed by atoms with van der Waals surface area (Å²) in [5.41, 5.74) is 4.57. The lowest BCUT2D eigenvalue weighted by Gasteiger charge is -2.27. The molecule has 6 nitrogen and oxygen atoms in total. The van der Waals surface area contributed by atoms with E-state index >= 15 is 0 Å². The van der Waals surface area contributed by atoms with Crippen LogP contribution in [0.4, 0.5) is 0 Å². The van der Waals surface area contributed by atoms with E-state index in [0.29, 0.717) is 17.9 Å². The van der Waals surface area contributed by atoms with E-state index in [-0.39, 0.29) is 12.0 Å². The number of aryl methyl sites for hydroxylation is 3. The zero-order valence-corrected chi connectivity index (χ0v) is 18.7. The molecule has 2 aromatic carbocycles. The van der Waals surface area contributed by atoms with Crippen LogP contribution >= 0.6 is 0 Å². The van der Waals surface area contributed by atoms with Gasteiger partial charge in [0.25, 0.3) is 5.91 Å². The van der Waals surface area contributed by atoms with Gasteiger partial charge in [0.05, 0.1) is 18.9 Å². The summed E-state index contributed by atoms with van der Waals surface area (Å²) in [7, 11) is 1.62. The number of methoxy groups -OCH3 is 1. The minimum absolute atomic E-state index is 0.135. The van der Waals surface area contributed by atoms with Crippen molar-refractivity contribution in [3.8, 4) is 22.8 Å². The zero-order chi connectivity index (χ0) is 22.1. The highest BCUT2D eigenvalue weighted by Crippen LogP contribution is 2.32. The maximum Gasteiger partial charge on any atom is 0.251 e. The number of carbonyl (C=O) groups excluding carboxylic acids is 1. The second-order valence-corrected chi connectivity index (χ2v) is 8.70. The Kier molecular flexibility index (Phi) is 5.60. The summed E-state index contributed by atoms with van der Waals surface area (Å²) in [6.07, 6.45) is 7.99. The molecule has 1 aliphatic carbocycles. The molecule has 0 unspecified atom stereocenters. The first-order valence-corrected chi connectivity index (χ1v) is 11.4. The van der Waals surface area contributed by atoms with E-state index in [0.717, 1.165) is 66.2 Å². The van der Waals surface area contributed by atoms with Gasteiger partial charge < -0.3 is 19.4 Å². The molecule has 1 amide bonds. The van der Waals surface area contributed by atoms with Crippen molar-refractivity contribution < 1.29 is 14.3 Å². The van der Waals surface area contributed by atoms with Gasteiger partial charge in [0, 0.05) is 42.4 Å². The Labute approximate surface area is 188 Å². The first-order chi connectivity index (χ1) is 15.6. The summed E-state index contributed by atoms with van der Waals surface area (Å²) in [6, 6.07) is 11.7. The van der Waals surface area contributed by atoms with Gasteiger partial charge in [0.15, 0.2) is 0 Å². The number of hydrogen-bond donors (Lipinski definition) is 1. The summed E-state index contributed by atoms with van der Waals surface area (Å²) in [5.74, 6) is 2.57. The van der Waals surface area contributed by atoms with E-state index in [1.165, 1.54) is 6.42 Å². The first kappa shape index (κ1) is 20.6. The van der Waals surface area contributed by atoms with Gasteiger partial charge in [-0.2, -0.15) is 0 Å². The molecule has 5 rings (SSSR count). The topological polar surface area (TPSA) is 65.4 Å². The van der Waals surface area contributed by atoms with E-state index in [9.17, 15) is 4.79 Å². The fourth-order valence-electron chi connectivity index (χ4n) is 4.29. The summed E-state index contributed by atoms with van der Waals surface area (Å²) >= 11 is 0. The van der Waals surface area contributed by atoms with Crippen molar-refractivity contribution in [2.75, 3.05) is 7.11 Å². The van der Waals surface area contributed by atoms with Crippen LogP contribution < -0.4 is 14.8 Å². The monoisotopic (exact) mass is 431 g/mol. The molecule has 1 N–H and O–H groups in total. The van der Waals surface area contributed by atoms with E-state index in [2.05, 4.69) is 28.2 Å². The number of rotatable bonds is 7. The lowest BCUT2D eigenvalue weighted by Crippen LogP contribution is -2.27. The minimum Gasteiger partial charge on any atom is -0.496 e. The number of carbonyl (C=O) groups is 1. The molecule has 1 fully saturated rings. The number of amides is 1. The molecule has 32 heavy (non-hydrogen) atoms. The molecule has 0 saturated heterocycles. The quantitative estimate of drug-likeness (QED) is 0.590. The van der Waals surface area contributed by atoms with Crippen molar-refractivity contribution in [2.45, 2.75) is 58.2 Å². The van der Waals surface area contributed by atoms with E-state index < -0.39 is 0 Å². The zero-order valence-electron chi connectivity index (χ0n) is 18.7. The van der Waals surface area contributed by atoms with E-state index in [1.807, 2.05) is 25.1 Å². The predicted molar refractivity (Wildman–Crippen MR) is 123 cm³/mol. The van der Waals surface area contributed by atoms with Crippen molar-refractivity contribution >= 4 is 5.91 Å². The Balaban J connectivity index is 1.37. The number of aromatic nitrogens is 2. The van der Waals surface area contributed by atoms with Gasteiger partial charge in [-0.15, -0.1) is 0 Å². The van der Waals surface area contributed by atoms with Crippen molar-refractivity contribution in [3.05, 3.63) is 65.1 Å². The molecule has 3 aromatic rings. The third-order valence-corrected chi connectivity index (χ3v) is 6.47. The maximum absolute atomic E-state index is 12.8. The molecule has 2 aliphatic rings. The fraction of sp³-hybridized carbons (Fsp3) is 0.385. The average molecular weight is 432 g/mol. The van der Waals surface area contributed by atoms with Crippen LogP contribution in [0.15, 0.2) is 42.6 Å². The number of hydrogen-bond acceptors (Lipinski definition) is 4. The van der Waals surface area contributed by atoms with Crippen LogP contribution in [0.2, 0.25) is 0 Å². The summed E-state index contributed by atoms with van der Waals surface area (Å²) in [6.45, 7) is 3.38. The highest BCUT2D eigenvalue weighted by molar-refractivity contribution is 5.94. The number of fused-ring (bicyclic) bond motifs is 1. The Morgan fingerprint density at radius 1 is 1.16 bits per heavy atom. The highest BCUT2D eigenvalue weighted by atomic mass is 16.5. The van der Waals surface area contributed by atoms with Crippen LogP contribution in [-0.2, 0) is 19.5 Å². The molecule has 1 aromatic heterocycles. The molecule has 0 bridgehead atoms. The molecule has 0 spiro atoms. The number of ether oxygens (including phenoxy) is 2. The number of benzene rings is 2. The normalized spacial score (nSPS) is 15.2. The predicted octanol–water partition coefficient (Wildman–Crippen LogP) is 4.67. The second-order valence-electron chi connectivity index (χ2n) is 8.70. The smallest absolute Gasteiger partial charge is 0.251 e. The van der Waals surface area contributed by atoms with Crippen LogP contribution in [0, 0.1) is 6.92 Å². The van der Waals surface area contributed by atoms with Gasteiger partial charge in [0.1, 0.15) is 17.3 Å². The molecule has 2 heterocycles. The molecule has 1 saturated carbocycles. The number of nitrogens with one attached hydrogen (secondary N) is 1. The molecule has 1 aliphatic heterocycles. The van der Waals surface area contributed by atoms with Gasteiger partial charge in [-0.25, -0.2) is 4.98 Å². The van der Waals surface area contributed by atoms with Crippen molar-refractivity contribution in [1.29, 1.82) is 0 Å². The lowest BCUT2D eigenvalue weighted by molar-refractivity contribution is 0.0948. The van der Waals surface area contributed by atoms with Gasteiger partial charge in [-0.05, 0) is 68.5 Å². The van der Waals surface area contributed by atoms with Crippen LogP contribution in [0.5, 0.6) is 11.5 Å². The van der Waals surface area contributed by atoms with Crippen molar-refractivity contribution in [1.82, 2.24) is 14.9 Å². The molecule has 166 valence electrons. The molecule has 0 atom stereocenters. The third kappa shape index (κ3) is 4.09. The number of imidazole rings is 1. The number of nitrogens with zero attached hydrogens (tertiary/aromatic N) is 2. The summed E-state index contributed by atoms with van der Waals surface area (Å²) in [4.78, 5) is 17.6. The van der Waals surface area contributed by atoms with Crippen LogP contribution in [0.25, 0.3) is 11.3 Å². The van der Waals surface area contributed by atoms with Gasteiger partial charge >= 0.3 is 0 Å². The van der Waals surface area contributed by atoms with Crippen LogP contribution in [-0.4, -0.2) is 28.7 Å². The largest absolute Gasteiger partial charge is 0.496 e. The SMILES string of the molecule is COc1cc(C(=O)NCc2cc(-c3cn4c(n3)CCC4)ccc2OC2CCC2)ccc1C. The van der Waals surface area contributed by atoms with Gasteiger partial charge in [0.2, 0.25) is 0 Å². The van der Waals surface area contributed by atoms with Crippen molar-refractivity contribution in [2.24, 2.45) is 0 Å². The van der Waals surface area contributed by atoms with E-state index in [4.69, 9.17) is 14.5 Å². The Morgan fingerprint density at radius 2 is 2.03 bits per heavy atom. The molecule has 6 heteroatoms. The standard InChI is InChI=1S/C26H29N3O3/c1-17-8-9-19(14-24(17)31-2)26(30)27-15-20-13-18(10-11-23(20)32-21-5-3-6-21)22-16-29-12-4-7-25(29)28-22/h8-11,13-14,16,21H,3-7,12,15H2,1-2H3,(H,27,30). The van der Waals surface area contributed by atoms with Gasteiger partial charge in [-0.3, -0.25) is 4.79 Å². The van der Waals surface area contributed by atoms with Crippen LogP contribution in [0.3, 0.4) is 0 Å². The molecular weight excluding hydrogens is 402 g/mol. The maximum atomic E-state index is 12.8. The molecule has 0 radical (unpaired) electrons. The van der Waals surface area contributed by atoms with Gasteiger partial charge in [-0.1, -0.05) is 6.07 Å². The molecular formula is C26H29N3O3. The summed E-state index contributed by atoms with van der Waals surface area (Å²) in [5, 5.41) is 3.05. The summed E-state index contributed by atoms with van der Waals surface area (Å²) < 4.78 is 13.8.